The molecule has 0 unspecified atom stereocenters. The van der Waals surface area contributed by atoms with Gasteiger partial charge in [-0.15, -0.1) is 11.8 Å². The molecule has 0 bridgehead atoms. The van der Waals surface area contributed by atoms with Crippen LogP contribution in [-0.4, -0.2) is 36.9 Å². The molecule has 2 aromatic carbocycles. The molecule has 0 aliphatic carbocycles. The lowest BCUT2D eigenvalue weighted by molar-refractivity contribution is -0.149. The van der Waals surface area contributed by atoms with E-state index in [0.29, 0.717) is 17.5 Å². The summed E-state index contributed by atoms with van der Waals surface area (Å²) in [5, 5.41) is 0.427. The average molecular weight is 371 g/mol. The molecule has 0 fully saturated rings. The van der Waals surface area contributed by atoms with E-state index in [2.05, 4.69) is 6.92 Å². The predicted octanol–water partition coefficient (Wildman–Crippen LogP) is 3.53. The number of nitrogens with zero attached hydrogens (tertiary/aromatic N) is 1. The highest BCUT2D eigenvalue weighted by atomic mass is 32.2. The minimum atomic E-state index is -0.562. The first kappa shape index (κ1) is 18.3. The van der Waals surface area contributed by atoms with Crippen LogP contribution in [0.25, 0.3) is 0 Å². The van der Waals surface area contributed by atoms with Crippen molar-refractivity contribution in [3.05, 3.63) is 54.6 Å². The molecule has 1 amide bonds. The molecule has 26 heavy (non-hydrogen) atoms. The van der Waals surface area contributed by atoms with Crippen molar-refractivity contribution < 1.29 is 19.1 Å². The van der Waals surface area contributed by atoms with Gasteiger partial charge < -0.3 is 14.4 Å². The standard InChI is InChI=1S/C20H21NO4S/c1-15-11-12-21(17-9-5-6-10-18(17)26-15)19(22)13-25-20(23)14-24-16-7-3-2-4-8-16/h2-10,15H,11-14H2,1H3/t15-/m0/s1. The first-order valence-corrected chi connectivity index (χ1v) is 9.41. The van der Waals surface area contributed by atoms with E-state index >= 15 is 0 Å². The highest BCUT2D eigenvalue weighted by molar-refractivity contribution is 8.00. The number of esters is 1. The summed E-state index contributed by atoms with van der Waals surface area (Å²) in [6, 6.07) is 16.8. The van der Waals surface area contributed by atoms with Crippen LogP contribution < -0.4 is 9.64 Å². The van der Waals surface area contributed by atoms with Crippen LogP contribution in [0.15, 0.2) is 59.5 Å². The van der Waals surface area contributed by atoms with Crippen molar-refractivity contribution in [2.24, 2.45) is 0 Å². The van der Waals surface area contributed by atoms with E-state index < -0.39 is 5.97 Å². The highest BCUT2D eigenvalue weighted by Gasteiger charge is 2.24. The van der Waals surface area contributed by atoms with E-state index in [1.807, 2.05) is 42.5 Å². The van der Waals surface area contributed by atoms with Gasteiger partial charge in [0.1, 0.15) is 5.75 Å². The SMILES string of the molecule is C[C@H]1CCN(C(=O)COC(=O)COc2ccccc2)c2ccccc2S1. The van der Waals surface area contributed by atoms with E-state index in [0.717, 1.165) is 17.0 Å². The zero-order chi connectivity index (χ0) is 18.4. The fourth-order valence-corrected chi connectivity index (χ4v) is 3.78. The van der Waals surface area contributed by atoms with Crippen molar-refractivity contribution in [1.82, 2.24) is 0 Å². The maximum absolute atomic E-state index is 12.6. The Bertz CT molecular complexity index is 765. The Hall–Kier alpha value is -2.47. The molecule has 136 valence electrons. The molecular formula is C20H21NO4S. The number of amides is 1. The van der Waals surface area contributed by atoms with Crippen molar-refractivity contribution >= 4 is 29.3 Å². The number of benzene rings is 2. The molecule has 0 saturated heterocycles. The molecular weight excluding hydrogens is 350 g/mol. The second-order valence-electron chi connectivity index (χ2n) is 5.99. The maximum Gasteiger partial charge on any atom is 0.344 e. The van der Waals surface area contributed by atoms with Gasteiger partial charge >= 0.3 is 5.97 Å². The molecule has 2 aromatic rings. The molecule has 6 heteroatoms. The fourth-order valence-electron chi connectivity index (χ4n) is 2.67. The van der Waals surface area contributed by atoms with Gasteiger partial charge in [0, 0.05) is 16.7 Å². The Balaban J connectivity index is 1.55. The minimum Gasteiger partial charge on any atom is -0.482 e. The minimum absolute atomic E-state index is 0.221. The summed E-state index contributed by atoms with van der Waals surface area (Å²) >= 11 is 1.76. The van der Waals surface area contributed by atoms with Crippen molar-refractivity contribution in [2.75, 3.05) is 24.7 Å². The zero-order valence-corrected chi connectivity index (χ0v) is 15.4. The molecule has 5 nitrogen and oxygen atoms in total. The maximum atomic E-state index is 12.6. The van der Waals surface area contributed by atoms with Gasteiger partial charge in [0.15, 0.2) is 13.2 Å². The van der Waals surface area contributed by atoms with Gasteiger partial charge in [0.05, 0.1) is 5.69 Å². The first-order valence-electron chi connectivity index (χ1n) is 8.53. The summed E-state index contributed by atoms with van der Waals surface area (Å²) in [5.41, 5.74) is 0.878. The Morgan fingerprint density at radius 1 is 1.08 bits per heavy atom. The number of carbonyl (C=O) groups is 2. The third kappa shape index (κ3) is 4.79. The van der Waals surface area contributed by atoms with E-state index in [4.69, 9.17) is 9.47 Å². The lowest BCUT2D eigenvalue weighted by atomic mass is 10.2. The molecule has 0 aromatic heterocycles. The van der Waals surface area contributed by atoms with E-state index in [9.17, 15) is 9.59 Å². The molecule has 0 saturated carbocycles. The molecule has 1 heterocycles. The van der Waals surface area contributed by atoms with Gasteiger partial charge in [-0.25, -0.2) is 4.79 Å². The van der Waals surface area contributed by atoms with Crippen LogP contribution in [0, 0.1) is 0 Å². The number of rotatable bonds is 5. The predicted molar refractivity (Wildman–Crippen MR) is 102 cm³/mol. The number of anilines is 1. The van der Waals surface area contributed by atoms with E-state index in [-0.39, 0.29) is 19.1 Å². The Morgan fingerprint density at radius 2 is 1.81 bits per heavy atom. The van der Waals surface area contributed by atoms with Gasteiger partial charge in [-0.05, 0) is 30.7 Å². The number of hydrogen-bond donors (Lipinski definition) is 0. The number of para-hydroxylation sites is 2. The van der Waals surface area contributed by atoms with Crippen LogP contribution >= 0.6 is 11.8 Å². The summed E-state index contributed by atoms with van der Waals surface area (Å²) in [5.74, 6) is -0.198. The molecule has 0 N–H and O–H groups in total. The molecule has 1 atom stereocenters. The zero-order valence-electron chi connectivity index (χ0n) is 14.6. The quantitative estimate of drug-likeness (QED) is 0.753. The van der Waals surface area contributed by atoms with Crippen LogP contribution in [0.5, 0.6) is 5.75 Å². The molecule has 0 radical (unpaired) electrons. The first-order chi connectivity index (χ1) is 12.6. The number of ether oxygens (including phenoxy) is 2. The van der Waals surface area contributed by atoms with Gasteiger partial charge in [0.25, 0.3) is 5.91 Å². The second kappa shape index (κ2) is 8.76. The monoisotopic (exact) mass is 371 g/mol. The lowest BCUT2D eigenvalue weighted by Crippen LogP contribution is -2.36. The summed E-state index contributed by atoms with van der Waals surface area (Å²) in [7, 11) is 0. The number of thioether (sulfide) groups is 1. The summed E-state index contributed by atoms with van der Waals surface area (Å²) in [4.78, 5) is 27.2. The van der Waals surface area contributed by atoms with Crippen molar-refractivity contribution in [3.8, 4) is 5.75 Å². The smallest absolute Gasteiger partial charge is 0.344 e. The van der Waals surface area contributed by atoms with Gasteiger partial charge in [-0.3, -0.25) is 4.79 Å². The number of hydrogen-bond acceptors (Lipinski definition) is 5. The van der Waals surface area contributed by atoms with E-state index in [1.54, 1.807) is 28.8 Å². The number of fused-ring (bicyclic) bond motifs is 1. The van der Waals surface area contributed by atoms with Gasteiger partial charge in [-0.1, -0.05) is 37.3 Å². The van der Waals surface area contributed by atoms with Crippen molar-refractivity contribution in [1.29, 1.82) is 0 Å². The van der Waals surface area contributed by atoms with E-state index in [1.165, 1.54) is 0 Å². The Kier molecular flexibility index (Phi) is 6.17. The Labute approximate surface area is 157 Å². The lowest BCUT2D eigenvalue weighted by Gasteiger charge is -2.22. The molecule has 3 rings (SSSR count). The average Bonchev–Trinajstić information content (AvgIpc) is 2.83. The summed E-state index contributed by atoms with van der Waals surface area (Å²) < 4.78 is 10.4. The second-order valence-corrected chi connectivity index (χ2v) is 7.47. The fraction of sp³-hybridized carbons (Fsp3) is 0.300. The van der Waals surface area contributed by atoms with Crippen LogP contribution in [0.3, 0.4) is 0 Å². The Morgan fingerprint density at radius 3 is 2.62 bits per heavy atom. The van der Waals surface area contributed by atoms with Gasteiger partial charge in [-0.2, -0.15) is 0 Å². The van der Waals surface area contributed by atoms with Crippen molar-refractivity contribution in [3.63, 3.8) is 0 Å². The topological polar surface area (TPSA) is 55.8 Å². The molecule has 1 aliphatic heterocycles. The number of carbonyl (C=O) groups excluding carboxylic acids is 2. The summed E-state index contributed by atoms with van der Waals surface area (Å²) in [6.07, 6.45) is 0.885. The highest BCUT2D eigenvalue weighted by Crippen LogP contribution is 2.37. The van der Waals surface area contributed by atoms with Crippen LogP contribution in [0.4, 0.5) is 5.69 Å². The normalized spacial score (nSPS) is 16.3. The van der Waals surface area contributed by atoms with Crippen LogP contribution in [-0.2, 0) is 14.3 Å². The largest absolute Gasteiger partial charge is 0.482 e. The molecule has 1 aliphatic rings. The van der Waals surface area contributed by atoms with Crippen LogP contribution in [0.1, 0.15) is 13.3 Å². The third-order valence-corrected chi connectivity index (χ3v) is 5.24. The molecule has 0 spiro atoms. The third-order valence-electron chi connectivity index (χ3n) is 4.00. The van der Waals surface area contributed by atoms with Gasteiger partial charge in [0.2, 0.25) is 0 Å². The summed E-state index contributed by atoms with van der Waals surface area (Å²) in [6.45, 7) is 2.25. The van der Waals surface area contributed by atoms with Crippen molar-refractivity contribution in [2.45, 2.75) is 23.5 Å². The van der Waals surface area contributed by atoms with Crippen LogP contribution in [0.2, 0.25) is 0 Å².